The SMILES string of the molecule is Cc1cccc(C)c1C(=O)N1CCCC(C(=O)Nc2cccc(C3CC3)c2)[C@@H]1C1C=CC=CC1. The molecule has 3 atom stereocenters. The molecule has 0 bridgehead atoms. The van der Waals surface area contributed by atoms with Crippen LogP contribution in [0.5, 0.6) is 0 Å². The Morgan fingerprint density at radius 1 is 0.971 bits per heavy atom. The molecule has 0 radical (unpaired) electrons. The van der Waals surface area contributed by atoms with E-state index in [0.29, 0.717) is 12.5 Å². The zero-order valence-electron chi connectivity index (χ0n) is 20.2. The average Bonchev–Trinajstić information content (AvgIpc) is 3.70. The molecule has 1 N–H and O–H groups in total. The number of allylic oxidation sites excluding steroid dienone is 3. The van der Waals surface area contributed by atoms with Crippen LogP contribution in [0.4, 0.5) is 5.69 Å². The fourth-order valence-corrected chi connectivity index (χ4v) is 5.74. The molecule has 4 heteroatoms. The highest BCUT2D eigenvalue weighted by molar-refractivity contribution is 5.99. The molecule has 1 aliphatic heterocycles. The Kier molecular flexibility index (Phi) is 6.40. The van der Waals surface area contributed by atoms with Crippen LogP contribution in [0, 0.1) is 25.7 Å². The van der Waals surface area contributed by atoms with Gasteiger partial charge in [0.05, 0.1) is 12.0 Å². The van der Waals surface area contributed by atoms with E-state index >= 15 is 0 Å². The summed E-state index contributed by atoms with van der Waals surface area (Å²) in [5.41, 5.74) is 4.94. The Hall–Kier alpha value is -3.14. The highest BCUT2D eigenvalue weighted by atomic mass is 16.2. The van der Waals surface area contributed by atoms with Crippen LogP contribution in [0.3, 0.4) is 0 Å². The summed E-state index contributed by atoms with van der Waals surface area (Å²) >= 11 is 0. The summed E-state index contributed by atoms with van der Waals surface area (Å²) < 4.78 is 0. The first-order chi connectivity index (χ1) is 16.5. The maximum atomic E-state index is 13.9. The van der Waals surface area contributed by atoms with Gasteiger partial charge in [0.2, 0.25) is 5.91 Å². The van der Waals surface area contributed by atoms with E-state index in [-0.39, 0.29) is 29.7 Å². The summed E-state index contributed by atoms with van der Waals surface area (Å²) in [4.78, 5) is 29.6. The lowest BCUT2D eigenvalue weighted by Gasteiger charge is -2.44. The van der Waals surface area contributed by atoms with Crippen molar-refractivity contribution in [2.45, 2.75) is 57.9 Å². The van der Waals surface area contributed by atoms with Crippen molar-refractivity contribution in [3.8, 4) is 0 Å². The maximum Gasteiger partial charge on any atom is 0.254 e. The van der Waals surface area contributed by atoms with E-state index in [1.165, 1.54) is 18.4 Å². The van der Waals surface area contributed by atoms with Gasteiger partial charge in [-0.05, 0) is 80.7 Å². The van der Waals surface area contributed by atoms with Gasteiger partial charge in [0.25, 0.3) is 5.91 Å². The van der Waals surface area contributed by atoms with Crippen LogP contribution in [0.25, 0.3) is 0 Å². The first-order valence-electron chi connectivity index (χ1n) is 12.6. The maximum absolute atomic E-state index is 13.9. The van der Waals surface area contributed by atoms with E-state index in [2.05, 4.69) is 41.8 Å². The Labute approximate surface area is 202 Å². The van der Waals surface area contributed by atoms with Crippen LogP contribution < -0.4 is 5.32 Å². The highest BCUT2D eigenvalue weighted by Gasteiger charge is 2.42. The molecule has 0 aromatic heterocycles. The van der Waals surface area contributed by atoms with Crippen molar-refractivity contribution in [2.75, 3.05) is 11.9 Å². The molecule has 2 aliphatic carbocycles. The predicted octanol–water partition coefficient (Wildman–Crippen LogP) is 6.17. The van der Waals surface area contributed by atoms with E-state index in [9.17, 15) is 9.59 Å². The van der Waals surface area contributed by atoms with Crippen molar-refractivity contribution >= 4 is 17.5 Å². The molecule has 2 amide bonds. The van der Waals surface area contributed by atoms with Gasteiger partial charge in [0.1, 0.15) is 0 Å². The lowest BCUT2D eigenvalue weighted by molar-refractivity contribution is -0.123. The number of amides is 2. The molecule has 1 heterocycles. The number of benzene rings is 2. The van der Waals surface area contributed by atoms with Crippen LogP contribution >= 0.6 is 0 Å². The van der Waals surface area contributed by atoms with Gasteiger partial charge in [-0.25, -0.2) is 0 Å². The molecule has 2 unspecified atom stereocenters. The Bertz CT molecular complexity index is 1120. The summed E-state index contributed by atoms with van der Waals surface area (Å²) in [6, 6.07) is 14.1. The highest BCUT2D eigenvalue weighted by Crippen LogP contribution is 2.41. The number of carbonyl (C=O) groups is 2. The smallest absolute Gasteiger partial charge is 0.254 e. The standard InChI is InChI=1S/C30H34N2O2/c1-20-9-6-10-21(2)27(20)30(34)32-18-8-15-26(28(32)23-11-4-3-5-12-23)29(33)31-25-14-7-13-24(19-25)22-16-17-22/h3-7,9-11,13-14,19,22-23,26,28H,8,12,15-18H2,1-2H3,(H,31,33)/t23?,26?,28-/m0/s1. The monoisotopic (exact) mass is 454 g/mol. The van der Waals surface area contributed by atoms with Gasteiger partial charge in [-0.2, -0.15) is 0 Å². The third-order valence-electron chi connectivity index (χ3n) is 7.63. The number of likely N-dealkylation sites (tertiary alicyclic amines) is 1. The number of piperidine rings is 1. The molecule has 176 valence electrons. The van der Waals surface area contributed by atoms with E-state index in [0.717, 1.165) is 41.6 Å². The van der Waals surface area contributed by atoms with Crippen molar-refractivity contribution in [3.63, 3.8) is 0 Å². The number of carbonyl (C=O) groups excluding carboxylic acids is 2. The molecule has 2 fully saturated rings. The largest absolute Gasteiger partial charge is 0.334 e. The first-order valence-corrected chi connectivity index (χ1v) is 12.6. The van der Waals surface area contributed by atoms with E-state index in [1.54, 1.807) is 0 Å². The van der Waals surface area contributed by atoms with E-state index in [4.69, 9.17) is 0 Å². The zero-order valence-corrected chi connectivity index (χ0v) is 20.2. The minimum atomic E-state index is -0.243. The number of nitrogens with one attached hydrogen (secondary N) is 1. The van der Waals surface area contributed by atoms with Gasteiger partial charge >= 0.3 is 0 Å². The topological polar surface area (TPSA) is 49.4 Å². The van der Waals surface area contributed by atoms with Crippen LogP contribution in [0.1, 0.15) is 65.1 Å². The third kappa shape index (κ3) is 4.59. The number of hydrogen-bond acceptors (Lipinski definition) is 2. The number of aryl methyl sites for hydroxylation is 2. The first kappa shape index (κ1) is 22.6. The van der Waals surface area contributed by atoms with Crippen LogP contribution in [0.2, 0.25) is 0 Å². The molecule has 5 rings (SSSR count). The molecule has 1 saturated heterocycles. The second-order valence-corrected chi connectivity index (χ2v) is 10.1. The Balaban J connectivity index is 1.44. The van der Waals surface area contributed by atoms with Gasteiger partial charge in [-0.1, -0.05) is 54.6 Å². The number of nitrogens with zero attached hydrogens (tertiary/aromatic N) is 1. The fourth-order valence-electron chi connectivity index (χ4n) is 5.74. The van der Waals surface area contributed by atoms with Crippen molar-refractivity contribution in [1.29, 1.82) is 0 Å². The second-order valence-electron chi connectivity index (χ2n) is 10.1. The van der Waals surface area contributed by atoms with Gasteiger partial charge in [-0.3, -0.25) is 9.59 Å². The third-order valence-corrected chi connectivity index (χ3v) is 7.63. The van der Waals surface area contributed by atoms with E-state index in [1.807, 2.05) is 49.1 Å². The predicted molar refractivity (Wildman–Crippen MR) is 137 cm³/mol. The second kappa shape index (κ2) is 9.61. The molecule has 2 aromatic carbocycles. The fraction of sp³-hybridized carbons (Fsp3) is 0.400. The number of rotatable bonds is 5. The number of hydrogen-bond donors (Lipinski definition) is 1. The van der Waals surface area contributed by atoms with Gasteiger partial charge < -0.3 is 10.2 Å². The summed E-state index contributed by atoms with van der Waals surface area (Å²) in [6.45, 7) is 4.69. The summed E-state index contributed by atoms with van der Waals surface area (Å²) in [6.07, 6.45) is 13.4. The van der Waals surface area contributed by atoms with Crippen molar-refractivity contribution in [3.05, 3.63) is 89.0 Å². The molecule has 1 saturated carbocycles. The molecular weight excluding hydrogens is 420 g/mol. The van der Waals surface area contributed by atoms with Crippen LogP contribution in [-0.4, -0.2) is 29.3 Å². The zero-order chi connectivity index (χ0) is 23.7. The molecule has 0 spiro atoms. The van der Waals surface area contributed by atoms with E-state index < -0.39 is 0 Å². The summed E-state index contributed by atoms with van der Waals surface area (Å²) in [5, 5.41) is 3.21. The summed E-state index contributed by atoms with van der Waals surface area (Å²) in [5.74, 6) is 0.612. The van der Waals surface area contributed by atoms with Gasteiger partial charge in [-0.15, -0.1) is 0 Å². The Morgan fingerprint density at radius 2 is 1.74 bits per heavy atom. The van der Waals surface area contributed by atoms with Gasteiger partial charge in [0.15, 0.2) is 0 Å². The van der Waals surface area contributed by atoms with Crippen LogP contribution in [-0.2, 0) is 4.79 Å². The molecule has 34 heavy (non-hydrogen) atoms. The van der Waals surface area contributed by atoms with Crippen molar-refractivity contribution in [2.24, 2.45) is 11.8 Å². The summed E-state index contributed by atoms with van der Waals surface area (Å²) in [7, 11) is 0. The minimum absolute atomic E-state index is 0.0277. The average molecular weight is 455 g/mol. The lowest BCUT2D eigenvalue weighted by atomic mass is 9.77. The molecular formula is C30H34N2O2. The van der Waals surface area contributed by atoms with Crippen molar-refractivity contribution in [1.82, 2.24) is 4.90 Å². The van der Waals surface area contributed by atoms with Crippen molar-refractivity contribution < 1.29 is 9.59 Å². The normalized spacial score (nSPS) is 24.2. The molecule has 2 aromatic rings. The lowest BCUT2D eigenvalue weighted by Crippen LogP contribution is -2.55. The van der Waals surface area contributed by atoms with Gasteiger partial charge in [0, 0.05) is 23.7 Å². The number of anilines is 1. The molecule has 3 aliphatic rings. The molecule has 4 nitrogen and oxygen atoms in total. The minimum Gasteiger partial charge on any atom is -0.334 e. The van der Waals surface area contributed by atoms with Crippen LogP contribution in [0.15, 0.2) is 66.8 Å². The quantitative estimate of drug-likeness (QED) is 0.587. The Morgan fingerprint density at radius 3 is 2.44 bits per heavy atom.